The van der Waals surface area contributed by atoms with Gasteiger partial charge in [0.15, 0.2) is 6.54 Å². The third-order valence-corrected chi connectivity index (χ3v) is 5.12. The zero-order valence-corrected chi connectivity index (χ0v) is 13.5. The molecule has 1 saturated heterocycles. The van der Waals surface area contributed by atoms with Crippen LogP contribution in [0.2, 0.25) is 0 Å². The zero-order valence-electron chi connectivity index (χ0n) is 12.7. The monoisotopic (exact) mass is 317 g/mol. The number of ether oxygens (including phenoxy) is 1. The standard InChI is InChI=1S/C17H20N2O2S/c1-21-14-8-6-13(7-9-14)18-17(20)12-19-10-2-4-15(19)16-5-3-11-22-16/h3,5-9,11,15H,2,4,10,12H2,1H3,(H,18,20)/p+1/t15-/m1/s1. The van der Waals surface area contributed by atoms with Crippen LogP contribution in [-0.4, -0.2) is 26.1 Å². The highest BCUT2D eigenvalue weighted by Gasteiger charge is 2.32. The second kappa shape index (κ2) is 6.94. The molecule has 1 aromatic heterocycles. The fraction of sp³-hybridized carbons (Fsp3) is 0.353. The van der Waals surface area contributed by atoms with Gasteiger partial charge in [-0.2, -0.15) is 0 Å². The summed E-state index contributed by atoms with van der Waals surface area (Å²) in [5.74, 6) is 0.865. The van der Waals surface area contributed by atoms with Crippen molar-refractivity contribution in [2.75, 3.05) is 25.5 Å². The van der Waals surface area contributed by atoms with Crippen molar-refractivity contribution in [3.8, 4) is 5.75 Å². The van der Waals surface area contributed by atoms with Crippen LogP contribution >= 0.6 is 11.3 Å². The Morgan fingerprint density at radius 3 is 2.86 bits per heavy atom. The van der Waals surface area contributed by atoms with Crippen LogP contribution in [0, 0.1) is 0 Å². The van der Waals surface area contributed by atoms with E-state index in [1.165, 1.54) is 22.6 Å². The Morgan fingerprint density at radius 2 is 2.18 bits per heavy atom. The summed E-state index contributed by atoms with van der Waals surface area (Å²) in [5.41, 5.74) is 0.817. The number of hydrogen-bond acceptors (Lipinski definition) is 3. The van der Waals surface area contributed by atoms with Crippen molar-refractivity contribution in [2.24, 2.45) is 0 Å². The van der Waals surface area contributed by atoms with Gasteiger partial charge in [-0.05, 0) is 35.7 Å². The average Bonchev–Trinajstić information content (AvgIpc) is 3.18. The van der Waals surface area contributed by atoms with E-state index >= 15 is 0 Å². The Kier molecular flexibility index (Phi) is 4.75. The number of hydrogen-bond donors (Lipinski definition) is 2. The number of carbonyl (C=O) groups excluding carboxylic acids is 1. The topological polar surface area (TPSA) is 42.8 Å². The lowest BCUT2D eigenvalue weighted by atomic mass is 10.2. The SMILES string of the molecule is COc1ccc(NC(=O)C[NH+]2CCC[C@@H]2c2cccs2)cc1. The Hall–Kier alpha value is -1.85. The van der Waals surface area contributed by atoms with Crippen LogP contribution in [0.15, 0.2) is 41.8 Å². The van der Waals surface area contributed by atoms with Crippen molar-refractivity contribution in [3.05, 3.63) is 46.7 Å². The first-order chi connectivity index (χ1) is 10.8. The molecule has 22 heavy (non-hydrogen) atoms. The molecule has 1 unspecified atom stereocenters. The molecule has 0 aliphatic carbocycles. The van der Waals surface area contributed by atoms with E-state index in [-0.39, 0.29) is 5.91 Å². The third-order valence-electron chi connectivity index (χ3n) is 4.13. The van der Waals surface area contributed by atoms with Gasteiger partial charge in [0.25, 0.3) is 5.91 Å². The number of rotatable bonds is 5. The van der Waals surface area contributed by atoms with Crippen LogP contribution in [0.5, 0.6) is 5.75 Å². The normalized spacial score (nSPS) is 20.8. The number of amides is 1. The highest BCUT2D eigenvalue weighted by molar-refractivity contribution is 7.10. The molecule has 1 aliphatic rings. The first-order valence-corrected chi connectivity index (χ1v) is 8.46. The molecule has 2 aromatic rings. The van der Waals surface area contributed by atoms with E-state index in [4.69, 9.17) is 4.74 Å². The highest BCUT2D eigenvalue weighted by Crippen LogP contribution is 2.23. The number of methoxy groups -OCH3 is 1. The predicted molar refractivity (Wildman–Crippen MR) is 88.6 cm³/mol. The molecule has 3 rings (SSSR count). The van der Waals surface area contributed by atoms with Gasteiger partial charge in [-0.15, -0.1) is 11.3 Å². The summed E-state index contributed by atoms with van der Waals surface area (Å²) < 4.78 is 5.12. The van der Waals surface area contributed by atoms with E-state index in [2.05, 4.69) is 22.8 Å². The minimum atomic E-state index is 0.0728. The van der Waals surface area contributed by atoms with Gasteiger partial charge in [0.2, 0.25) is 0 Å². The van der Waals surface area contributed by atoms with E-state index in [9.17, 15) is 4.79 Å². The van der Waals surface area contributed by atoms with Crippen molar-refractivity contribution in [2.45, 2.75) is 18.9 Å². The van der Waals surface area contributed by atoms with Crippen LogP contribution < -0.4 is 15.0 Å². The Bertz CT molecular complexity index is 610. The Balaban J connectivity index is 1.58. The second-order valence-electron chi connectivity index (χ2n) is 5.57. The van der Waals surface area contributed by atoms with E-state index in [1.807, 2.05) is 24.3 Å². The smallest absolute Gasteiger partial charge is 0.279 e. The first kappa shape index (κ1) is 15.1. The largest absolute Gasteiger partial charge is 0.497 e. The molecule has 0 radical (unpaired) electrons. The maximum atomic E-state index is 12.3. The van der Waals surface area contributed by atoms with Crippen LogP contribution in [0.4, 0.5) is 5.69 Å². The van der Waals surface area contributed by atoms with Crippen molar-refractivity contribution in [3.63, 3.8) is 0 Å². The molecule has 5 heteroatoms. The van der Waals surface area contributed by atoms with Gasteiger partial charge in [-0.1, -0.05) is 6.07 Å². The fourth-order valence-corrected chi connectivity index (χ4v) is 3.96. The number of anilines is 1. The predicted octanol–water partition coefficient (Wildman–Crippen LogP) is 2.12. The number of nitrogens with one attached hydrogen (secondary N) is 2. The number of benzene rings is 1. The molecule has 0 spiro atoms. The van der Waals surface area contributed by atoms with Gasteiger partial charge in [-0.25, -0.2) is 0 Å². The van der Waals surface area contributed by atoms with Crippen molar-refractivity contribution in [1.29, 1.82) is 0 Å². The Morgan fingerprint density at radius 1 is 1.36 bits per heavy atom. The molecule has 0 saturated carbocycles. The van der Waals surface area contributed by atoms with Crippen molar-refractivity contribution in [1.82, 2.24) is 0 Å². The van der Waals surface area contributed by atoms with Crippen LogP contribution in [0.1, 0.15) is 23.8 Å². The summed E-state index contributed by atoms with van der Waals surface area (Å²) >= 11 is 1.79. The minimum absolute atomic E-state index is 0.0728. The molecule has 1 aliphatic heterocycles. The van der Waals surface area contributed by atoms with E-state index in [0.717, 1.165) is 18.0 Å². The van der Waals surface area contributed by atoms with Gasteiger partial charge < -0.3 is 15.0 Å². The number of carbonyl (C=O) groups is 1. The van der Waals surface area contributed by atoms with Gasteiger partial charge >= 0.3 is 0 Å². The molecule has 116 valence electrons. The number of thiophene rings is 1. The molecule has 2 heterocycles. The molecular weight excluding hydrogens is 296 g/mol. The maximum Gasteiger partial charge on any atom is 0.279 e. The fourth-order valence-electron chi connectivity index (χ4n) is 3.04. The molecule has 1 fully saturated rings. The molecule has 2 atom stereocenters. The summed E-state index contributed by atoms with van der Waals surface area (Å²) in [5, 5.41) is 5.09. The lowest BCUT2D eigenvalue weighted by Gasteiger charge is -2.20. The van der Waals surface area contributed by atoms with Crippen molar-refractivity contribution >= 4 is 22.9 Å². The summed E-state index contributed by atoms with van der Waals surface area (Å²) in [6.45, 7) is 1.59. The summed E-state index contributed by atoms with van der Waals surface area (Å²) in [7, 11) is 1.63. The lowest BCUT2D eigenvalue weighted by molar-refractivity contribution is -0.910. The minimum Gasteiger partial charge on any atom is -0.497 e. The van der Waals surface area contributed by atoms with Gasteiger partial charge in [0.1, 0.15) is 11.8 Å². The average molecular weight is 317 g/mol. The summed E-state index contributed by atoms with van der Waals surface area (Å²) in [4.78, 5) is 15.0. The highest BCUT2D eigenvalue weighted by atomic mass is 32.1. The maximum absolute atomic E-state index is 12.3. The molecular formula is C17H21N2O2S+. The molecule has 4 nitrogen and oxygen atoms in total. The first-order valence-electron chi connectivity index (χ1n) is 7.58. The number of likely N-dealkylation sites (tertiary alicyclic amines) is 1. The van der Waals surface area contributed by atoms with Crippen LogP contribution in [-0.2, 0) is 4.79 Å². The molecule has 2 N–H and O–H groups in total. The Labute approximate surface area is 134 Å². The second-order valence-corrected chi connectivity index (χ2v) is 6.55. The van der Waals surface area contributed by atoms with Crippen LogP contribution in [0.3, 0.4) is 0 Å². The number of quaternary nitrogens is 1. The van der Waals surface area contributed by atoms with Crippen molar-refractivity contribution < 1.29 is 14.4 Å². The summed E-state index contributed by atoms with van der Waals surface area (Å²) in [6, 6.07) is 12.2. The van der Waals surface area contributed by atoms with E-state index < -0.39 is 0 Å². The lowest BCUT2D eigenvalue weighted by Crippen LogP contribution is -3.11. The van der Waals surface area contributed by atoms with E-state index in [0.29, 0.717) is 12.6 Å². The van der Waals surface area contributed by atoms with Gasteiger partial charge in [0.05, 0.1) is 18.5 Å². The zero-order chi connectivity index (χ0) is 15.4. The van der Waals surface area contributed by atoms with Gasteiger partial charge in [0, 0.05) is 18.5 Å². The quantitative estimate of drug-likeness (QED) is 0.887. The van der Waals surface area contributed by atoms with E-state index in [1.54, 1.807) is 18.4 Å². The molecule has 0 bridgehead atoms. The molecule has 1 amide bonds. The summed E-state index contributed by atoms with van der Waals surface area (Å²) in [6.07, 6.45) is 2.36. The third kappa shape index (κ3) is 3.48. The molecule has 1 aromatic carbocycles. The van der Waals surface area contributed by atoms with Crippen LogP contribution in [0.25, 0.3) is 0 Å². The van der Waals surface area contributed by atoms with Gasteiger partial charge in [-0.3, -0.25) is 4.79 Å².